The Balaban J connectivity index is 2.13. The molecule has 0 aromatic heterocycles. The van der Waals surface area contributed by atoms with Gasteiger partial charge in [0.1, 0.15) is 5.78 Å². The molecule has 19 heavy (non-hydrogen) atoms. The molecule has 1 saturated heterocycles. The monoisotopic (exact) mass is 263 g/mol. The SMILES string of the molecule is CCC1OCCC1C(=O)Cc1ccccc1[N+](=O)[O-]. The third kappa shape index (κ3) is 2.98. The fourth-order valence-corrected chi connectivity index (χ4v) is 2.58. The second kappa shape index (κ2) is 5.93. The average molecular weight is 263 g/mol. The number of ether oxygens (including phenoxy) is 1. The minimum absolute atomic E-state index is 0.0165. The largest absolute Gasteiger partial charge is 0.377 e. The first-order chi connectivity index (χ1) is 9.13. The molecule has 2 atom stereocenters. The molecule has 0 aliphatic carbocycles. The number of hydrogen-bond acceptors (Lipinski definition) is 4. The maximum absolute atomic E-state index is 12.3. The van der Waals surface area contributed by atoms with Crippen molar-refractivity contribution in [2.75, 3.05) is 6.61 Å². The van der Waals surface area contributed by atoms with Gasteiger partial charge in [-0.1, -0.05) is 25.1 Å². The Hall–Kier alpha value is -1.75. The molecule has 1 aromatic carbocycles. The van der Waals surface area contributed by atoms with Gasteiger partial charge >= 0.3 is 0 Å². The summed E-state index contributed by atoms with van der Waals surface area (Å²) in [6.07, 6.45) is 1.60. The van der Waals surface area contributed by atoms with Crippen LogP contribution in [0.3, 0.4) is 0 Å². The molecular weight excluding hydrogens is 246 g/mol. The third-order valence-corrected chi connectivity index (χ3v) is 3.58. The molecule has 1 aliphatic heterocycles. The van der Waals surface area contributed by atoms with Crippen LogP contribution in [0.2, 0.25) is 0 Å². The molecule has 2 unspecified atom stereocenters. The van der Waals surface area contributed by atoms with Crippen LogP contribution in [0.15, 0.2) is 24.3 Å². The molecule has 0 amide bonds. The van der Waals surface area contributed by atoms with Crippen molar-refractivity contribution in [1.82, 2.24) is 0 Å². The maximum Gasteiger partial charge on any atom is 0.273 e. The van der Waals surface area contributed by atoms with Crippen LogP contribution in [-0.2, 0) is 16.0 Å². The van der Waals surface area contributed by atoms with Gasteiger partial charge in [0.05, 0.1) is 11.0 Å². The number of ketones is 1. The van der Waals surface area contributed by atoms with Crippen LogP contribution < -0.4 is 0 Å². The van der Waals surface area contributed by atoms with Crippen molar-refractivity contribution in [1.29, 1.82) is 0 Å². The van der Waals surface area contributed by atoms with Crippen molar-refractivity contribution in [3.05, 3.63) is 39.9 Å². The molecule has 0 bridgehead atoms. The highest BCUT2D eigenvalue weighted by molar-refractivity contribution is 5.85. The summed E-state index contributed by atoms with van der Waals surface area (Å²) >= 11 is 0. The van der Waals surface area contributed by atoms with E-state index in [4.69, 9.17) is 4.74 Å². The number of carbonyl (C=O) groups excluding carboxylic acids is 1. The Morgan fingerprint density at radius 1 is 1.47 bits per heavy atom. The summed E-state index contributed by atoms with van der Waals surface area (Å²) in [5.41, 5.74) is 0.502. The van der Waals surface area contributed by atoms with Crippen molar-refractivity contribution in [3.63, 3.8) is 0 Å². The normalized spacial score (nSPS) is 22.4. The van der Waals surface area contributed by atoms with Gasteiger partial charge in [-0.3, -0.25) is 14.9 Å². The van der Waals surface area contributed by atoms with Crippen LogP contribution in [0.4, 0.5) is 5.69 Å². The van der Waals surface area contributed by atoms with Crippen molar-refractivity contribution in [2.45, 2.75) is 32.3 Å². The van der Waals surface area contributed by atoms with E-state index in [2.05, 4.69) is 0 Å². The van der Waals surface area contributed by atoms with Crippen LogP contribution in [0.5, 0.6) is 0 Å². The number of nitro benzene ring substituents is 1. The lowest BCUT2D eigenvalue weighted by Crippen LogP contribution is -2.25. The number of nitrogens with zero attached hydrogens (tertiary/aromatic N) is 1. The number of para-hydroxylation sites is 1. The molecular formula is C14H17NO4. The second-order valence-electron chi connectivity index (χ2n) is 4.74. The summed E-state index contributed by atoms with van der Waals surface area (Å²) in [5, 5.41) is 10.9. The van der Waals surface area contributed by atoms with Crippen LogP contribution >= 0.6 is 0 Å². The molecule has 2 rings (SSSR count). The number of benzene rings is 1. The first-order valence-electron chi connectivity index (χ1n) is 6.50. The number of Topliss-reactive ketones (excluding diaryl/α,β-unsaturated/α-hetero) is 1. The minimum atomic E-state index is -0.439. The molecule has 1 fully saturated rings. The smallest absolute Gasteiger partial charge is 0.273 e. The van der Waals surface area contributed by atoms with E-state index in [-0.39, 0.29) is 29.9 Å². The molecule has 1 aliphatic rings. The molecule has 0 N–H and O–H groups in total. The van der Waals surface area contributed by atoms with E-state index in [9.17, 15) is 14.9 Å². The van der Waals surface area contributed by atoms with Crippen molar-refractivity contribution in [2.24, 2.45) is 5.92 Å². The molecule has 1 aromatic rings. The van der Waals surface area contributed by atoms with Crippen LogP contribution in [0.25, 0.3) is 0 Å². The quantitative estimate of drug-likeness (QED) is 0.604. The minimum Gasteiger partial charge on any atom is -0.377 e. The van der Waals surface area contributed by atoms with Crippen LogP contribution in [0.1, 0.15) is 25.3 Å². The van der Waals surface area contributed by atoms with E-state index >= 15 is 0 Å². The van der Waals surface area contributed by atoms with E-state index in [0.717, 1.165) is 12.8 Å². The molecule has 5 nitrogen and oxygen atoms in total. The van der Waals surface area contributed by atoms with E-state index in [1.165, 1.54) is 6.07 Å². The van der Waals surface area contributed by atoms with E-state index in [0.29, 0.717) is 12.2 Å². The highest BCUT2D eigenvalue weighted by atomic mass is 16.6. The number of nitro groups is 1. The molecule has 1 heterocycles. The topological polar surface area (TPSA) is 69.4 Å². The van der Waals surface area contributed by atoms with E-state index < -0.39 is 4.92 Å². The second-order valence-corrected chi connectivity index (χ2v) is 4.74. The van der Waals surface area contributed by atoms with Gasteiger partial charge in [0.15, 0.2) is 0 Å². The lowest BCUT2D eigenvalue weighted by molar-refractivity contribution is -0.385. The fourth-order valence-electron chi connectivity index (χ4n) is 2.58. The van der Waals surface area contributed by atoms with Crippen molar-refractivity contribution in [3.8, 4) is 0 Å². The first kappa shape index (κ1) is 13.7. The fraction of sp³-hybridized carbons (Fsp3) is 0.500. The van der Waals surface area contributed by atoms with Gasteiger partial charge in [-0.2, -0.15) is 0 Å². The summed E-state index contributed by atoms with van der Waals surface area (Å²) in [7, 11) is 0. The maximum atomic E-state index is 12.3. The van der Waals surface area contributed by atoms with Gasteiger partial charge in [-0.05, 0) is 12.8 Å². The summed E-state index contributed by atoms with van der Waals surface area (Å²) in [6.45, 7) is 2.59. The Morgan fingerprint density at radius 2 is 2.21 bits per heavy atom. The molecule has 0 radical (unpaired) electrons. The Bertz CT molecular complexity index is 486. The third-order valence-electron chi connectivity index (χ3n) is 3.58. The lowest BCUT2D eigenvalue weighted by atomic mass is 9.90. The predicted octanol–water partition coefficient (Wildman–Crippen LogP) is 2.52. The van der Waals surface area contributed by atoms with E-state index in [1.54, 1.807) is 18.2 Å². The predicted molar refractivity (Wildman–Crippen MR) is 69.9 cm³/mol. The number of hydrogen-bond donors (Lipinski definition) is 0. The Labute approximate surface area is 111 Å². The standard InChI is InChI=1S/C14H17NO4/c1-2-14-11(7-8-19-14)13(16)9-10-5-3-4-6-12(10)15(17)18/h3-6,11,14H,2,7-9H2,1H3. The number of rotatable bonds is 5. The van der Waals surface area contributed by atoms with Gasteiger partial charge < -0.3 is 4.74 Å². The van der Waals surface area contributed by atoms with Crippen LogP contribution in [-0.4, -0.2) is 23.4 Å². The van der Waals surface area contributed by atoms with Gasteiger partial charge in [-0.25, -0.2) is 0 Å². The van der Waals surface area contributed by atoms with Gasteiger partial charge in [0.2, 0.25) is 0 Å². The molecule has 0 saturated carbocycles. The number of carbonyl (C=O) groups is 1. The Morgan fingerprint density at radius 3 is 2.89 bits per heavy atom. The zero-order valence-electron chi connectivity index (χ0n) is 10.9. The first-order valence-corrected chi connectivity index (χ1v) is 6.50. The molecule has 5 heteroatoms. The molecule has 102 valence electrons. The van der Waals surface area contributed by atoms with Gasteiger partial charge in [0, 0.05) is 30.6 Å². The van der Waals surface area contributed by atoms with Crippen molar-refractivity contribution >= 4 is 11.5 Å². The summed E-state index contributed by atoms with van der Waals surface area (Å²) in [5.74, 6) is -0.0801. The van der Waals surface area contributed by atoms with Gasteiger partial charge in [-0.15, -0.1) is 0 Å². The molecule has 0 spiro atoms. The average Bonchev–Trinajstić information content (AvgIpc) is 2.87. The summed E-state index contributed by atoms with van der Waals surface area (Å²) < 4.78 is 5.50. The van der Waals surface area contributed by atoms with Gasteiger partial charge in [0.25, 0.3) is 5.69 Å². The van der Waals surface area contributed by atoms with Crippen molar-refractivity contribution < 1.29 is 14.5 Å². The zero-order valence-corrected chi connectivity index (χ0v) is 10.9. The highest BCUT2D eigenvalue weighted by Gasteiger charge is 2.33. The van der Waals surface area contributed by atoms with E-state index in [1.807, 2.05) is 6.92 Å². The van der Waals surface area contributed by atoms with Crippen LogP contribution in [0, 0.1) is 16.0 Å². The summed E-state index contributed by atoms with van der Waals surface area (Å²) in [4.78, 5) is 22.7. The Kier molecular flexibility index (Phi) is 4.27. The lowest BCUT2D eigenvalue weighted by Gasteiger charge is -2.15. The highest BCUT2D eigenvalue weighted by Crippen LogP contribution is 2.27. The zero-order chi connectivity index (χ0) is 13.8. The summed E-state index contributed by atoms with van der Waals surface area (Å²) in [6, 6.07) is 6.41.